The van der Waals surface area contributed by atoms with E-state index in [0.717, 1.165) is 24.1 Å². The van der Waals surface area contributed by atoms with Crippen LogP contribution >= 0.6 is 0 Å². The highest BCUT2D eigenvalue weighted by Crippen LogP contribution is 2.36. The lowest BCUT2D eigenvalue weighted by Gasteiger charge is -2.32. The Kier molecular flexibility index (Phi) is 6.49. The number of hydrogen-bond acceptors (Lipinski definition) is 5. The van der Waals surface area contributed by atoms with Crippen molar-refractivity contribution < 1.29 is 23.6 Å². The Morgan fingerprint density at radius 2 is 1.79 bits per heavy atom. The van der Waals surface area contributed by atoms with Crippen LogP contribution in [-0.2, 0) is 14.0 Å². The summed E-state index contributed by atoms with van der Waals surface area (Å²) in [4.78, 5) is 13.8. The molecule has 29 heavy (non-hydrogen) atoms. The summed E-state index contributed by atoms with van der Waals surface area (Å²) in [5, 5.41) is 0. The molecule has 0 N–H and O–H groups in total. The molecule has 2 aliphatic rings. The van der Waals surface area contributed by atoms with Crippen molar-refractivity contribution in [2.45, 2.75) is 71.7 Å². The molecule has 0 saturated carbocycles. The summed E-state index contributed by atoms with van der Waals surface area (Å²) in [6.07, 6.45) is 1.54. The maximum absolute atomic E-state index is 12.0. The van der Waals surface area contributed by atoms with Gasteiger partial charge in [-0.15, -0.1) is 0 Å². The molecule has 1 aromatic rings. The van der Waals surface area contributed by atoms with Crippen molar-refractivity contribution in [3.05, 3.63) is 24.3 Å². The standard InChI is InChI=1S/C22H34BNO5/c1-16(2)27-20(25)24-12-10-17(11-13-24)15-26-19-9-7-8-18(14-19)23-28-21(3,4)22(5,6)29-23/h7-9,14,16-17H,10-13,15H2,1-6H3. The van der Waals surface area contributed by atoms with Gasteiger partial charge in [-0.05, 0) is 77.9 Å². The molecule has 0 radical (unpaired) electrons. The monoisotopic (exact) mass is 403 g/mol. The Morgan fingerprint density at radius 3 is 2.38 bits per heavy atom. The van der Waals surface area contributed by atoms with Crippen molar-refractivity contribution in [1.82, 2.24) is 4.90 Å². The highest BCUT2D eigenvalue weighted by molar-refractivity contribution is 6.62. The molecule has 160 valence electrons. The average molecular weight is 403 g/mol. The number of ether oxygens (including phenoxy) is 2. The zero-order valence-corrected chi connectivity index (χ0v) is 18.6. The molecule has 1 aromatic carbocycles. The number of hydrogen-bond donors (Lipinski definition) is 0. The van der Waals surface area contributed by atoms with E-state index in [4.69, 9.17) is 18.8 Å². The molecular weight excluding hydrogens is 369 g/mol. The highest BCUT2D eigenvalue weighted by Gasteiger charge is 2.51. The van der Waals surface area contributed by atoms with Crippen molar-refractivity contribution in [3.8, 4) is 5.75 Å². The second-order valence-corrected chi connectivity index (χ2v) is 9.33. The summed E-state index contributed by atoms with van der Waals surface area (Å²) in [5.41, 5.74) is 0.241. The number of piperidine rings is 1. The molecule has 0 unspecified atom stereocenters. The van der Waals surface area contributed by atoms with Gasteiger partial charge in [-0.3, -0.25) is 0 Å². The molecule has 2 aliphatic heterocycles. The fourth-order valence-corrected chi connectivity index (χ4v) is 3.50. The van der Waals surface area contributed by atoms with E-state index in [1.165, 1.54) is 0 Å². The van der Waals surface area contributed by atoms with Crippen LogP contribution in [0.5, 0.6) is 5.75 Å². The van der Waals surface area contributed by atoms with Crippen LogP contribution in [0.25, 0.3) is 0 Å². The summed E-state index contributed by atoms with van der Waals surface area (Å²) in [6.45, 7) is 14.0. The van der Waals surface area contributed by atoms with Crippen molar-refractivity contribution in [2.24, 2.45) is 5.92 Å². The molecule has 0 atom stereocenters. The van der Waals surface area contributed by atoms with Crippen molar-refractivity contribution in [3.63, 3.8) is 0 Å². The molecule has 3 rings (SSSR count). The van der Waals surface area contributed by atoms with Crippen LogP contribution in [0.15, 0.2) is 24.3 Å². The molecule has 2 saturated heterocycles. The van der Waals surface area contributed by atoms with Crippen LogP contribution in [0.3, 0.4) is 0 Å². The number of carbonyl (C=O) groups excluding carboxylic acids is 1. The van der Waals surface area contributed by atoms with Gasteiger partial charge >= 0.3 is 13.2 Å². The lowest BCUT2D eigenvalue weighted by Crippen LogP contribution is -2.41. The zero-order chi connectivity index (χ0) is 21.2. The Hall–Kier alpha value is -1.73. The second-order valence-electron chi connectivity index (χ2n) is 9.33. The number of likely N-dealkylation sites (tertiary alicyclic amines) is 1. The minimum atomic E-state index is -0.390. The van der Waals surface area contributed by atoms with Crippen LogP contribution in [0, 0.1) is 5.92 Å². The molecule has 0 bridgehead atoms. The van der Waals surface area contributed by atoms with Gasteiger partial charge in [0.2, 0.25) is 0 Å². The van der Waals surface area contributed by atoms with Gasteiger partial charge in [-0.25, -0.2) is 4.79 Å². The Morgan fingerprint density at radius 1 is 1.17 bits per heavy atom. The Bertz CT molecular complexity index is 697. The SMILES string of the molecule is CC(C)OC(=O)N1CCC(COc2cccc(B3OC(C)(C)C(C)(C)O3)c2)CC1. The van der Waals surface area contributed by atoms with Gasteiger partial charge in [0.25, 0.3) is 0 Å². The third-order valence-electron chi connectivity index (χ3n) is 6.08. The first-order valence-corrected chi connectivity index (χ1v) is 10.6. The third-order valence-corrected chi connectivity index (χ3v) is 6.08. The predicted octanol–water partition coefficient (Wildman–Crippen LogP) is 3.62. The first-order valence-electron chi connectivity index (χ1n) is 10.6. The van der Waals surface area contributed by atoms with Crippen molar-refractivity contribution >= 4 is 18.7 Å². The van der Waals surface area contributed by atoms with Crippen LogP contribution in [0.4, 0.5) is 4.79 Å². The molecule has 1 amide bonds. The normalized spacial score (nSPS) is 21.5. The lowest BCUT2D eigenvalue weighted by atomic mass is 9.79. The smallest absolute Gasteiger partial charge is 0.493 e. The van der Waals surface area contributed by atoms with Crippen LogP contribution in [0.2, 0.25) is 0 Å². The summed E-state index contributed by atoms with van der Waals surface area (Å²) in [7, 11) is -0.390. The van der Waals surface area contributed by atoms with Crippen molar-refractivity contribution in [2.75, 3.05) is 19.7 Å². The van der Waals surface area contributed by atoms with Crippen LogP contribution in [-0.4, -0.2) is 55.1 Å². The minimum absolute atomic E-state index is 0.0835. The summed E-state index contributed by atoms with van der Waals surface area (Å²) in [5.74, 6) is 1.25. The average Bonchev–Trinajstić information content (AvgIpc) is 2.87. The molecule has 0 aromatic heterocycles. The number of rotatable bonds is 5. The molecule has 0 spiro atoms. The third kappa shape index (κ3) is 5.26. The maximum Gasteiger partial charge on any atom is 0.494 e. The minimum Gasteiger partial charge on any atom is -0.493 e. The van der Waals surface area contributed by atoms with Crippen LogP contribution in [0.1, 0.15) is 54.4 Å². The fraction of sp³-hybridized carbons (Fsp3) is 0.682. The number of amides is 1. The molecular formula is C22H34BNO5. The van der Waals surface area contributed by atoms with Gasteiger partial charge in [0.05, 0.1) is 23.9 Å². The topological polar surface area (TPSA) is 57.2 Å². The molecule has 6 nitrogen and oxygen atoms in total. The van der Waals surface area contributed by atoms with Crippen LogP contribution < -0.4 is 10.2 Å². The van der Waals surface area contributed by atoms with Gasteiger partial charge in [-0.2, -0.15) is 0 Å². The quantitative estimate of drug-likeness (QED) is 0.703. The first kappa shape index (κ1) is 22.0. The van der Waals surface area contributed by atoms with Gasteiger partial charge in [-0.1, -0.05) is 12.1 Å². The summed E-state index contributed by atoms with van der Waals surface area (Å²) < 4.78 is 23.6. The highest BCUT2D eigenvalue weighted by atomic mass is 16.7. The Labute approximate surface area is 175 Å². The predicted molar refractivity (Wildman–Crippen MR) is 114 cm³/mol. The van der Waals surface area contributed by atoms with E-state index in [-0.39, 0.29) is 23.4 Å². The van der Waals surface area contributed by atoms with E-state index in [2.05, 4.69) is 27.7 Å². The van der Waals surface area contributed by atoms with E-state index in [1.54, 1.807) is 4.90 Å². The van der Waals surface area contributed by atoms with Crippen molar-refractivity contribution in [1.29, 1.82) is 0 Å². The number of nitrogens with zero attached hydrogens (tertiary/aromatic N) is 1. The summed E-state index contributed by atoms with van der Waals surface area (Å²) >= 11 is 0. The lowest BCUT2D eigenvalue weighted by molar-refractivity contribution is 0.00578. The fourth-order valence-electron chi connectivity index (χ4n) is 3.50. The second kappa shape index (κ2) is 8.56. The maximum atomic E-state index is 12.0. The van der Waals surface area contributed by atoms with E-state index >= 15 is 0 Å². The largest absolute Gasteiger partial charge is 0.494 e. The van der Waals surface area contributed by atoms with E-state index in [1.807, 2.05) is 38.1 Å². The molecule has 2 heterocycles. The summed E-state index contributed by atoms with van der Waals surface area (Å²) in [6, 6.07) is 7.94. The number of benzene rings is 1. The zero-order valence-electron chi connectivity index (χ0n) is 18.6. The van der Waals surface area contributed by atoms with E-state index in [0.29, 0.717) is 25.6 Å². The van der Waals surface area contributed by atoms with Gasteiger partial charge < -0.3 is 23.7 Å². The molecule has 7 heteroatoms. The molecule has 0 aliphatic carbocycles. The van der Waals surface area contributed by atoms with Gasteiger partial charge in [0, 0.05) is 13.1 Å². The van der Waals surface area contributed by atoms with Gasteiger partial charge in [0.15, 0.2) is 0 Å². The van der Waals surface area contributed by atoms with E-state index < -0.39 is 7.12 Å². The Balaban J connectivity index is 1.50. The number of carbonyl (C=O) groups is 1. The molecule has 2 fully saturated rings. The first-order chi connectivity index (χ1) is 13.6. The van der Waals surface area contributed by atoms with Gasteiger partial charge in [0.1, 0.15) is 5.75 Å². The van der Waals surface area contributed by atoms with E-state index in [9.17, 15) is 4.79 Å².